The number of benzene rings is 2. The van der Waals surface area contributed by atoms with Gasteiger partial charge in [0.25, 0.3) is 0 Å². The summed E-state index contributed by atoms with van der Waals surface area (Å²) in [5.41, 5.74) is 7.39. The van der Waals surface area contributed by atoms with Crippen molar-refractivity contribution in [2.45, 2.75) is 13.1 Å². The van der Waals surface area contributed by atoms with E-state index in [9.17, 15) is 9.90 Å². The lowest BCUT2D eigenvalue weighted by molar-refractivity contribution is 0.1000. The van der Waals surface area contributed by atoms with Gasteiger partial charge in [-0.25, -0.2) is 0 Å². The Bertz CT molecular complexity index is 629. The molecule has 0 heterocycles. The summed E-state index contributed by atoms with van der Waals surface area (Å²) >= 11 is 5.88. The van der Waals surface area contributed by atoms with E-state index in [0.29, 0.717) is 23.7 Å². The Morgan fingerprint density at radius 3 is 2.75 bits per heavy atom. The third-order valence-electron chi connectivity index (χ3n) is 2.90. The molecular weight excluding hydrogens is 276 g/mol. The highest BCUT2D eigenvalue weighted by atomic mass is 35.5. The highest BCUT2D eigenvalue weighted by molar-refractivity contribution is 6.30. The molecule has 2 rings (SSSR count). The predicted molar refractivity (Wildman–Crippen MR) is 78.6 cm³/mol. The van der Waals surface area contributed by atoms with Crippen LogP contribution in [0.3, 0.4) is 0 Å². The van der Waals surface area contributed by atoms with Gasteiger partial charge < -0.3 is 16.2 Å². The van der Waals surface area contributed by atoms with Crippen molar-refractivity contribution >= 4 is 17.5 Å². The summed E-state index contributed by atoms with van der Waals surface area (Å²) in [4.78, 5) is 11.1. The summed E-state index contributed by atoms with van der Waals surface area (Å²) in [6.45, 7) is 1.04. The van der Waals surface area contributed by atoms with Crippen LogP contribution in [0.4, 0.5) is 0 Å². The van der Waals surface area contributed by atoms with Crippen LogP contribution in [0.5, 0.6) is 5.75 Å². The first-order chi connectivity index (χ1) is 9.56. The van der Waals surface area contributed by atoms with Crippen molar-refractivity contribution in [1.29, 1.82) is 0 Å². The number of hydrogen-bond acceptors (Lipinski definition) is 3. The molecule has 5 heteroatoms. The van der Waals surface area contributed by atoms with E-state index in [1.807, 2.05) is 6.07 Å². The zero-order valence-corrected chi connectivity index (χ0v) is 11.5. The topological polar surface area (TPSA) is 75.4 Å². The molecule has 0 bridgehead atoms. The van der Waals surface area contributed by atoms with Crippen molar-refractivity contribution in [3.8, 4) is 5.75 Å². The summed E-state index contributed by atoms with van der Waals surface area (Å²) in [6, 6.07) is 12.0. The molecule has 0 unspecified atom stereocenters. The highest BCUT2D eigenvalue weighted by Crippen LogP contribution is 2.21. The molecule has 104 valence electrons. The predicted octanol–water partition coefficient (Wildman–Crippen LogP) is 2.43. The highest BCUT2D eigenvalue weighted by Gasteiger charge is 2.03. The summed E-state index contributed by atoms with van der Waals surface area (Å²) in [7, 11) is 0. The largest absolute Gasteiger partial charge is 0.508 e. The summed E-state index contributed by atoms with van der Waals surface area (Å²) in [6.07, 6.45) is 0. The minimum atomic E-state index is -0.445. The number of phenols is 1. The van der Waals surface area contributed by atoms with E-state index in [4.69, 9.17) is 17.3 Å². The Morgan fingerprint density at radius 1 is 1.20 bits per heavy atom. The van der Waals surface area contributed by atoms with Gasteiger partial charge in [0.2, 0.25) is 5.91 Å². The van der Waals surface area contributed by atoms with Crippen LogP contribution in [-0.4, -0.2) is 11.0 Å². The van der Waals surface area contributed by atoms with Crippen LogP contribution in [0.2, 0.25) is 5.02 Å². The first-order valence-electron chi connectivity index (χ1n) is 6.13. The van der Waals surface area contributed by atoms with Crippen molar-refractivity contribution in [2.24, 2.45) is 5.73 Å². The van der Waals surface area contributed by atoms with Crippen molar-refractivity contribution in [1.82, 2.24) is 5.32 Å². The van der Waals surface area contributed by atoms with Crippen LogP contribution in [-0.2, 0) is 13.1 Å². The SMILES string of the molecule is NC(=O)c1cccc(CNCc2cc(Cl)ccc2O)c1. The fourth-order valence-electron chi connectivity index (χ4n) is 1.87. The van der Waals surface area contributed by atoms with E-state index in [2.05, 4.69) is 5.32 Å². The van der Waals surface area contributed by atoms with Gasteiger partial charge in [-0.3, -0.25) is 4.79 Å². The standard InChI is InChI=1S/C15H15ClN2O2/c16-13-4-5-14(19)12(7-13)9-18-8-10-2-1-3-11(6-10)15(17)20/h1-7,18-19H,8-9H2,(H2,17,20). The number of nitrogens with one attached hydrogen (secondary N) is 1. The molecule has 0 aromatic heterocycles. The zero-order valence-electron chi connectivity index (χ0n) is 10.8. The number of hydrogen-bond donors (Lipinski definition) is 3. The molecule has 0 spiro atoms. The molecule has 0 radical (unpaired) electrons. The van der Waals surface area contributed by atoms with Crippen LogP contribution in [0.25, 0.3) is 0 Å². The lowest BCUT2D eigenvalue weighted by Crippen LogP contribution is -2.15. The van der Waals surface area contributed by atoms with Gasteiger partial charge in [0, 0.05) is 29.2 Å². The van der Waals surface area contributed by atoms with Gasteiger partial charge in [-0.2, -0.15) is 0 Å². The molecular formula is C15H15ClN2O2. The Kier molecular flexibility index (Phi) is 4.61. The molecule has 4 N–H and O–H groups in total. The molecule has 0 aliphatic carbocycles. The number of amides is 1. The van der Waals surface area contributed by atoms with Crippen molar-refractivity contribution in [3.63, 3.8) is 0 Å². The normalized spacial score (nSPS) is 10.4. The zero-order chi connectivity index (χ0) is 14.5. The fraction of sp³-hybridized carbons (Fsp3) is 0.133. The molecule has 0 atom stereocenters. The molecule has 0 fully saturated rings. The minimum absolute atomic E-state index is 0.202. The summed E-state index contributed by atoms with van der Waals surface area (Å²) in [5.74, 6) is -0.243. The number of carbonyl (C=O) groups excluding carboxylic acids is 1. The van der Waals surface area contributed by atoms with Crippen molar-refractivity contribution < 1.29 is 9.90 Å². The van der Waals surface area contributed by atoms with Crippen molar-refractivity contribution in [2.75, 3.05) is 0 Å². The first kappa shape index (κ1) is 14.4. The van der Waals surface area contributed by atoms with Crippen LogP contribution in [0.1, 0.15) is 21.5 Å². The van der Waals surface area contributed by atoms with Crippen LogP contribution < -0.4 is 11.1 Å². The molecule has 0 aliphatic heterocycles. The second-order valence-corrected chi connectivity index (χ2v) is 4.88. The lowest BCUT2D eigenvalue weighted by Gasteiger charge is -2.08. The van der Waals surface area contributed by atoms with Gasteiger partial charge in [0.15, 0.2) is 0 Å². The Hall–Kier alpha value is -2.04. The molecule has 2 aromatic rings. The average Bonchev–Trinajstić information content (AvgIpc) is 2.43. The average molecular weight is 291 g/mol. The molecule has 0 aliphatic rings. The molecule has 2 aromatic carbocycles. The van der Waals surface area contributed by atoms with E-state index in [1.165, 1.54) is 0 Å². The van der Waals surface area contributed by atoms with E-state index in [-0.39, 0.29) is 5.75 Å². The molecule has 20 heavy (non-hydrogen) atoms. The van der Waals surface area contributed by atoms with Gasteiger partial charge in [-0.15, -0.1) is 0 Å². The van der Waals surface area contributed by atoms with Gasteiger partial charge >= 0.3 is 0 Å². The molecule has 4 nitrogen and oxygen atoms in total. The third kappa shape index (κ3) is 3.73. The maximum Gasteiger partial charge on any atom is 0.248 e. The summed E-state index contributed by atoms with van der Waals surface area (Å²) < 4.78 is 0. The second-order valence-electron chi connectivity index (χ2n) is 4.44. The number of phenolic OH excluding ortho intramolecular Hbond substituents is 1. The second kappa shape index (κ2) is 6.41. The molecule has 0 saturated carbocycles. The van der Waals surface area contributed by atoms with Crippen LogP contribution in [0, 0.1) is 0 Å². The lowest BCUT2D eigenvalue weighted by atomic mass is 10.1. The number of carbonyl (C=O) groups is 1. The molecule has 0 saturated heterocycles. The minimum Gasteiger partial charge on any atom is -0.508 e. The fourth-order valence-corrected chi connectivity index (χ4v) is 2.07. The Balaban J connectivity index is 1.97. The quantitative estimate of drug-likeness (QED) is 0.792. The smallest absolute Gasteiger partial charge is 0.248 e. The maximum atomic E-state index is 11.1. The van der Waals surface area contributed by atoms with Crippen LogP contribution >= 0.6 is 11.6 Å². The number of aromatic hydroxyl groups is 1. The third-order valence-corrected chi connectivity index (χ3v) is 3.13. The van der Waals surface area contributed by atoms with Gasteiger partial charge in [-0.1, -0.05) is 23.7 Å². The Labute approximate surface area is 122 Å². The monoisotopic (exact) mass is 290 g/mol. The van der Waals surface area contributed by atoms with E-state index in [1.54, 1.807) is 36.4 Å². The number of rotatable bonds is 5. The van der Waals surface area contributed by atoms with Gasteiger partial charge in [-0.05, 0) is 35.9 Å². The number of nitrogens with two attached hydrogens (primary N) is 1. The van der Waals surface area contributed by atoms with Crippen molar-refractivity contribution in [3.05, 3.63) is 64.2 Å². The van der Waals surface area contributed by atoms with Gasteiger partial charge in [0.1, 0.15) is 5.75 Å². The summed E-state index contributed by atoms with van der Waals surface area (Å²) in [5, 5.41) is 13.4. The number of primary amides is 1. The van der Waals surface area contributed by atoms with E-state index in [0.717, 1.165) is 11.1 Å². The van der Waals surface area contributed by atoms with Crippen LogP contribution in [0.15, 0.2) is 42.5 Å². The van der Waals surface area contributed by atoms with Gasteiger partial charge in [0.05, 0.1) is 0 Å². The first-order valence-corrected chi connectivity index (χ1v) is 6.51. The maximum absolute atomic E-state index is 11.1. The number of halogens is 1. The molecule has 1 amide bonds. The van der Waals surface area contributed by atoms with E-state index < -0.39 is 5.91 Å². The Morgan fingerprint density at radius 2 is 2.00 bits per heavy atom. The van der Waals surface area contributed by atoms with E-state index >= 15 is 0 Å².